The van der Waals surface area contributed by atoms with Crippen LogP contribution >= 0.6 is 0 Å². The molecule has 21 heavy (non-hydrogen) atoms. The Hall–Kier alpha value is -1.40. The fourth-order valence-electron chi connectivity index (χ4n) is 3.18. The van der Waals surface area contributed by atoms with Crippen LogP contribution in [-0.2, 0) is 19.0 Å². The van der Waals surface area contributed by atoms with Crippen LogP contribution in [0.4, 0.5) is 22.0 Å². The molecule has 2 aliphatic carbocycles. The molecule has 1 saturated carbocycles. The van der Waals surface area contributed by atoms with Crippen molar-refractivity contribution in [3.05, 3.63) is 23.0 Å². The van der Waals surface area contributed by atoms with Gasteiger partial charge in [0.2, 0.25) is 11.8 Å². The van der Waals surface area contributed by atoms with E-state index in [-0.39, 0.29) is 0 Å². The van der Waals surface area contributed by atoms with Gasteiger partial charge in [0.15, 0.2) is 0 Å². The molecule has 0 spiro atoms. The highest BCUT2D eigenvalue weighted by atomic mass is 19.4. The zero-order chi connectivity index (χ0) is 15.4. The van der Waals surface area contributed by atoms with Crippen LogP contribution in [0.25, 0.3) is 0 Å². The predicted octanol–water partition coefficient (Wildman–Crippen LogP) is 4.07. The maximum atomic E-state index is 13.1. The van der Waals surface area contributed by atoms with E-state index in [0.29, 0.717) is 35.1 Å². The van der Waals surface area contributed by atoms with Gasteiger partial charge >= 0.3 is 6.18 Å². The Labute approximate surface area is 117 Å². The van der Waals surface area contributed by atoms with E-state index in [9.17, 15) is 26.7 Å². The largest absolute Gasteiger partial charge is 0.431 e. The van der Waals surface area contributed by atoms with Gasteiger partial charge in [0.25, 0.3) is 0 Å². The molecule has 0 radical (unpaired) electrons. The molecule has 1 aromatic heterocycles. The number of alkyl halides is 5. The number of carbonyl (C=O) groups is 1. The molecular formula is C14H14F5NO. The lowest BCUT2D eigenvalue weighted by Gasteiger charge is -2.34. The van der Waals surface area contributed by atoms with Crippen molar-refractivity contribution in [2.24, 2.45) is 5.92 Å². The number of carbonyl (C=O) groups excluding carboxylic acids is 1. The molecule has 0 amide bonds. The van der Waals surface area contributed by atoms with Gasteiger partial charge in [-0.05, 0) is 37.3 Å². The quantitative estimate of drug-likeness (QED) is 0.717. The van der Waals surface area contributed by atoms with Crippen LogP contribution in [0.3, 0.4) is 0 Å². The molecule has 7 heteroatoms. The molecule has 1 fully saturated rings. The molecule has 0 saturated heterocycles. The molecule has 1 aromatic rings. The lowest BCUT2D eigenvalue weighted by molar-refractivity contribution is -0.143. The summed E-state index contributed by atoms with van der Waals surface area (Å²) in [6.07, 6.45) is -3.59. The van der Waals surface area contributed by atoms with Crippen molar-refractivity contribution in [2.45, 2.75) is 50.6 Å². The van der Waals surface area contributed by atoms with Crippen molar-refractivity contribution in [2.75, 3.05) is 0 Å². The summed E-state index contributed by atoms with van der Waals surface area (Å²) in [5.41, 5.74) is -0.142. The van der Waals surface area contributed by atoms with Crippen LogP contribution in [0.1, 0.15) is 47.4 Å². The standard InChI is InChI=1S/C14H14F5NO/c15-13(16)6-9(7-13)12(21)20-10-4-2-1-3-8(10)5-11(20)14(17,18)19/h5,9H,1-4,6-7H2. The Kier molecular flexibility index (Phi) is 3.15. The van der Waals surface area contributed by atoms with E-state index in [4.69, 9.17) is 0 Å². The van der Waals surface area contributed by atoms with Crippen LogP contribution in [0, 0.1) is 5.92 Å². The third-order valence-electron chi connectivity index (χ3n) is 4.25. The van der Waals surface area contributed by atoms with Crippen LogP contribution in [0.15, 0.2) is 6.07 Å². The average molecular weight is 307 g/mol. The van der Waals surface area contributed by atoms with Gasteiger partial charge in [-0.1, -0.05) is 0 Å². The molecule has 0 unspecified atom stereocenters. The molecule has 116 valence electrons. The van der Waals surface area contributed by atoms with Crippen LogP contribution in [0.2, 0.25) is 0 Å². The lowest BCUT2D eigenvalue weighted by atomic mass is 9.80. The minimum absolute atomic E-state index is 0.355. The maximum absolute atomic E-state index is 13.1. The average Bonchev–Trinajstić information content (AvgIpc) is 2.74. The summed E-state index contributed by atoms with van der Waals surface area (Å²) in [5, 5.41) is 0. The molecule has 2 nitrogen and oxygen atoms in total. The van der Waals surface area contributed by atoms with Crippen molar-refractivity contribution in [3.63, 3.8) is 0 Å². The Balaban J connectivity index is 2.00. The number of nitrogens with zero attached hydrogens (tertiary/aromatic N) is 1. The Bertz CT molecular complexity index is 579. The van der Waals surface area contributed by atoms with Gasteiger partial charge in [0.1, 0.15) is 5.69 Å². The van der Waals surface area contributed by atoms with Gasteiger partial charge in [-0.25, -0.2) is 8.78 Å². The zero-order valence-corrected chi connectivity index (χ0v) is 11.1. The minimum atomic E-state index is -4.65. The van der Waals surface area contributed by atoms with Crippen LogP contribution in [-0.4, -0.2) is 16.4 Å². The molecule has 2 aliphatic rings. The summed E-state index contributed by atoms with van der Waals surface area (Å²) in [4.78, 5) is 12.2. The monoisotopic (exact) mass is 307 g/mol. The normalized spacial score (nSPS) is 21.8. The first-order valence-electron chi connectivity index (χ1n) is 6.92. The van der Waals surface area contributed by atoms with Crippen molar-refractivity contribution in [1.29, 1.82) is 0 Å². The molecule has 1 heterocycles. The van der Waals surface area contributed by atoms with Crippen LogP contribution < -0.4 is 0 Å². The van der Waals surface area contributed by atoms with Crippen molar-refractivity contribution in [1.82, 2.24) is 4.57 Å². The summed E-state index contributed by atoms with van der Waals surface area (Å²) in [5.74, 6) is -4.78. The molecule has 0 aromatic carbocycles. The Morgan fingerprint density at radius 3 is 2.38 bits per heavy atom. The second-order valence-corrected chi connectivity index (χ2v) is 5.84. The highest BCUT2D eigenvalue weighted by Gasteiger charge is 2.51. The van der Waals surface area contributed by atoms with E-state index in [0.717, 1.165) is 12.5 Å². The van der Waals surface area contributed by atoms with E-state index in [1.807, 2.05) is 0 Å². The summed E-state index contributed by atoms with van der Waals surface area (Å²) >= 11 is 0. The SMILES string of the molecule is O=C(C1CC(F)(F)C1)n1c(C(F)(F)F)cc2c1CCCC2. The molecule has 0 N–H and O–H groups in total. The van der Waals surface area contributed by atoms with E-state index in [1.165, 1.54) is 0 Å². The number of hydrogen-bond donors (Lipinski definition) is 0. The Morgan fingerprint density at radius 1 is 1.19 bits per heavy atom. The first-order valence-corrected chi connectivity index (χ1v) is 6.92. The highest BCUT2D eigenvalue weighted by Crippen LogP contribution is 2.45. The van der Waals surface area contributed by atoms with Gasteiger partial charge in [-0.2, -0.15) is 13.2 Å². The number of fused-ring (bicyclic) bond motifs is 1. The van der Waals surface area contributed by atoms with E-state index in [1.54, 1.807) is 0 Å². The topological polar surface area (TPSA) is 22.0 Å². The molecule has 0 bridgehead atoms. The third-order valence-corrected chi connectivity index (χ3v) is 4.25. The second kappa shape index (κ2) is 4.55. The first kappa shape index (κ1) is 14.5. The van der Waals surface area contributed by atoms with Crippen molar-refractivity contribution < 1.29 is 26.7 Å². The first-order chi connectivity index (χ1) is 9.69. The number of aromatic nitrogens is 1. The molecule has 3 rings (SSSR count). The van der Waals surface area contributed by atoms with E-state index < -0.39 is 42.5 Å². The predicted molar refractivity (Wildman–Crippen MR) is 64.4 cm³/mol. The van der Waals surface area contributed by atoms with Crippen LogP contribution in [0.5, 0.6) is 0 Å². The Morgan fingerprint density at radius 2 is 1.81 bits per heavy atom. The van der Waals surface area contributed by atoms with Gasteiger partial charge in [-0.3, -0.25) is 9.36 Å². The van der Waals surface area contributed by atoms with Crippen molar-refractivity contribution >= 4 is 5.91 Å². The molecule has 0 aliphatic heterocycles. The van der Waals surface area contributed by atoms with Crippen molar-refractivity contribution in [3.8, 4) is 0 Å². The van der Waals surface area contributed by atoms with Gasteiger partial charge in [0, 0.05) is 18.5 Å². The smallest absolute Gasteiger partial charge is 0.279 e. The van der Waals surface area contributed by atoms with Gasteiger partial charge < -0.3 is 0 Å². The van der Waals surface area contributed by atoms with Gasteiger partial charge in [0.05, 0.1) is 5.92 Å². The summed E-state index contributed by atoms with van der Waals surface area (Å²) in [6.45, 7) is 0. The van der Waals surface area contributed by atoms with E-state index >= 15 is 0 Å². The number of hydrogen-bond acceptors (Lipinski definition) is 1. The molecule has 0 atom stereocenters. The third kappa shape index (κ3) is 2.46. The number of aryl methyl sites for hydroxylation is 1. The fraction of sp³-hybridized carbons (Fsp3) is 0.643. The summed E-state index contributed by atoms with van der Waals surface area (Å²) < 4.78 is 65.8. The lowest BCUT2D eigenvalue weighted by Crippen LogP contribution is -2.43. The van der Waals surface area contributed by atoms with Gasteiger partial charge in [-0.15, -0.1) is 0 Å². The highest BCUT2D eigenvalue weighted by molar-refractivity contribution is 5.84. The maximum Gasteiger partial charge on any atom is 0.431 e. The zero-order valence-electron chi connectivity index (χ0n) is 11.1. The second-order valence-electron chi connectivity index (χ2n) is 5.84. The van der Waals surface area contributed by atoms with E-state index in [2.05, 4.69) is 0 Å². The summed E-state index contributed by atoms with van der Waals surface area (Å²) in [6, 6.07) is 1.00. The number of halogens is 5. The summed E-state index contributed by atoms with van der Waals surface area (Å²) in [7, 11) is 0. The number of rotatable bonds is 1. The fourth-order valence-corrected chi connectivity index (χ4v) is 3.18. The minimum Gasteiger partial charge on any atom is -0.279 e. The molecular weight excluding hydrogens is 293 g/mol.